The van der Waals surface area contributed by atoms with Gasteiger partial charge < -0.3 is 24.5 Å². The van der Waals surface area contributed by atoms with E-state index in [9.17, 15) is 14.7 Å². The number of rotatable bonds is 13. The summed E-state index contributed by atoms with van der Waals surface area (Å²) in [5.74, 6) is -1.37. The van der Waals surface area contributed by atoms with Crippen LogP contribution in [-0.2, 0) is 14.4 Å². The van der Waals surface area contributed by atoms with Crippen molar-refractivity contribution < 1.29 is 24.2 Å². The van der Waals surface area contributed by atoms with Gasteiger partial charge >= 0.3 is 0 Å². The molecule has 2 unspecified atom stereocenters. The molecular formula is C38H49N3O5S. The fourth-order valence-electron chi connectivity index (χ4n) is 8.10. The van der Waals surface area contributed by atoms with E-state index in [0.717, 1.165) is 16.8 Å². The van der Waals surface area contributed by atoms with Gasteiger partial charge in [-0.25, -0.2) is 0 Å². The van der Waals surface area contributed by atoms with E-state index in [1.54, 1.807) is 38.6 Å². The van der Waals surface area contributed by atoms with Gasteiger partial charge in [0.15, 0.2) is 0 Å². The molecule has 47 heavy (non-hydrogen) atoms. The van der Waals surface area contributed by atoms with E-state index in [0.29, 0.717) is 30.9 Å². The standard InChI is InChI=1S/C38H49N3O5S/c1-9-20-39(27-14-16-28(17-15-27)46-11-3)34(43)31-32-35(44)41(30(23-42)24(4)5)33(38(32)19-18-37(31,8)47-38)36(45)40(21-10-2)29-22-25(6)12-13-26(29)7/h9-10,12-17,22,24,30-33,42H,1-2,11,18-21,23H2,3-8H3/t30-,31-,32-,33?,37+,38?/m0/s1. The summed E-state index contributed by atoms with van der Waals surface area (Å²) in [5.41, 5.74) is 3.43. The summed E-state index contributed by atoms with van der Waals surface area (Å²) in [4.78, 5) is 50.0. The molecule has 0 aromatic heterocycles. The number of amides is 3. The number of aliphatic hydroxyl groups is 1. The first-order valence-corrected chi connectivity index (χ1v) is 17.5. The minimum Gasteiger partial charge on any atom is -0.494 e. The van der Waals surface area contributed by atoms with Crippen LogP contribution < -0.4 is 14.5 Å². The van der Waals surface area contributed by atoms with Gasteiger partial charge in [0.25, 0.3) is 5.91 Å². The van der Waals surface area contributed by atoms with Crippen LogP contribution in [0.3, 0.4) is 0 Å². The molecule has 0 saturated carbocycles. The van der Waals surface area contributed by atoms with Crippen LogP contribution in [0, 0.1) is 31.6 Å². The zero-order valence-corrected chi connectivity index (χ0v) is 29.4. The van der Waals surface area contributed by atoms with E-state index in [1.165, 1.54) is 0 Å². The molecule has 252 valence electrons. The second-order valence-corrected chi connectivity index (χ2v) is 15.6. The number of benzene rings is 2. The predicted octanol–water partition coefficient (Wildman–Crippen LogP) is 5.94. The Kier molecular flexibility index (Phi) is 10.00. The number of anilines is 2. The van der Waals surface area contributed by atoms with E-state index < -0.39 is 33.4 Å². The van der Waals surface area contributed by atoms with Gasteiger partial charge in [0, 0.05) is 29.2 Å². The lowest BCUT2D eigenvalue weighted by atomic mass is 9.66. The number of likely N-dealkylation sites (tertiary alicyclic amines) is 1. The van der Waals surface area contributed by atoms with Gasteiger partial charge in [-0.3, -0.25) is 14.4 Å². The zero-order valence-electron chi connectivity index (χ0n) is 28.6. The van der Waals surface area contributed by atoms with E-state index >= 15 is 4.79 Å². The maximum atomic E-state index is 15.1. The molecular weight excluding hydrogens is 611 g/mol. The summed E-state index contributed by atoms with van der Waals surface area (Å²) in [6.45, 7) is 20.6. The van der Waals surface area contributed by atoms with E-state index in [1.807, 2.05) is 77.1 Å². The third-order valence-electron chi connectivity index (χ3n) is 10.3. The Balaban J connectivity index is 1.63. The number of hydrogen-bond acceptors (Lipinski definition) is 6. The number of thioether (sulfide) groups is 1. The van der Waals surface area contributed by atoms with Crippen molar-refractivity contribution in [2.75, 3.05) is 36.1 Å². The Morgan fingerprint density at radius 3 is 2.32 bits per heavy atom. The van der Waals surface area contributed by atoms with Gasteiger partial charge in [0.05, 0.1) is 35.8 Å². The fraction of sp³-hybridized carbons (Fsp3) is 0.500. The van der Waals surface area contributed by atoms with Crippen molar-refractivity contribution in [1.29, 1.82) is 0 Å². The zero-order chi connectivity index (χ0) is 34.3. The lowest BCUT2D eigenvalue weighted by Crippen LogP contribution is -2.58. The van der Waals surface area contributed by atoms with Gasteiger partial charge in [-0.05, 0) is 87.9 Å². The third kappa shape index (κ3) is 5.79. The molecule has 1 spiro atoms. The molecule has 6 atom stereocenters. The Bertz CT molecular complexity index is 1540. The van der Waals surface area contributed by atoms with Crippen molar-refractivity contribution in [2.45, 2.75) is 76.0 Å². The minimum absolute atomic E-state index is 0.115. The summed E-state index contributed by atoms with van der Waals surface area (Å²) in [5, 5.41) is 10.7. The van der Waals surface area contributed by atoms with Gasteiger partial charge in [-0.15, -0.1) is 24.9 Å². The molecule has 3 aliphatic heterocycles. The van der Waals surface area contributed by atoms with Gasteiger partial charge in [-0.1, -0.05) is 38.1 Å². The van der Waals surface area contributed by atoms with Crippen LogP contribution in [0.1, 0.15) is 51.7 Å². The summed E-state index contributed by atoms with van der Waals surface area (Å²) >= 11 is 1.64. The highest BCUT2D eigenvalue weighted by Gasteiger charge is 2.78. The second kappa shape index (κ2) is 13.5. The monoisotopic (exact) mass is 659 g/mol. The number of carbonyl (C=O) groups excluding carboxylic acids is 3. The van der Waals surface area contributed by atoms with Crippen molar-refractivity contribution in [3.63, 3.8) is 0 Å². The molecule has 8 nitrogen and oxygen atoms in total. The van der Waals surface area contributed by atoms with Crippen LogP contribution in [-0.4, -0.2) is 75.6 Å². The summed E-state index contributed by atoms with van der Waals surface area (Å²) < 4.78 is 4.24. The van der Waals surface area contributed by atoms with Crippen LogP contribution in [0.25, 0.3) is 0 Å². The highest BCUT2D eigenvalue weighted by Crippen LogP contribution is 2.72. The molecule has 3 amide bonds. The summed E-state index contributed by atoms with van der Waals surface area (Å²) in [7, 11) is 0. The number of ether oxygens (including phenoxy) is 1. The van der Waals surface area contributed by atoms with Crippen LogP contribution in [0.15, 0.2) is 67.8 Å². The van der Waals surface area contributed by atoms with Crippen molar-refractivity contribution in [3.05, 3.63) is 78.9 Å². The lowest BCUT2D eigenvalue weighted by molar-refractivity contribution is -0.143. The first-order valence-electron chi connectivity index (χ1n) is 16.7. The Morgan fingerprint density at radius 1 is 1.06 bits per heavy atom. The molecule has 0 aliphatic carbocycles. The van der Waals surface area contributed by atoms with Crippen LogP contribution >= 0.6 is 11.8 Å². The first-order chi connectivity index (χ1) is 22.4. The maximum absolute atomic E-state index is 15.1. The quantitative estimate of drug-likeness (QED) is 0.268. The highest BCUT2D eigenvalue weighted by atomic mass is 32.2. The second-order valence-electron chi connectivity index (χ2n) is 13.7. The molecule has 5 rings (SSSR count). The average molecular weight is 660 g/mol. The molecule has 3 saturated heterocycles. The van der Waals surface area contributed by atoms with Crippen molar-refractivity contribution in [3.8, 4) is 5.75 Å². The highest BCUT2D eigenvalue weighted by molar-refractivity contribution is 8.02. The van der Waals surface area contributed by atoms with E-state index in [2.05, 4.69) is 20.1 Å². The molecule has 0 radical (unpaired) electrons. The topological polar surface area (TPSA) is 90.4 Å². The Morgan fingerprint density at radius 2 is 1.72 bits per heavy atom. The SMILES string of the molecule is C=CCN(C(=O)[C@@H]1[C@H]2C(=O)N([C@@H](CO)C(C)C)C(C(=O)N(CC=C)c3cc(C)ccc3C)C23CC[C@@]1(C)S3)c1ccc(OCC)cc1. The molecule has 1 N–H and O–H groups in total. The average Bonchev–Trinajstić information content (AvgIpc) is 3.61. The summed E-state index contributed by atoms with van der Waals surface area (Å²) in [6.07, 6.45) is 4.71. The molecule has 2 aromatic rings. The van der Waals surface area contributed by atoms with Crippen molar-refractivity contribution in [2.24, 2.45) is 17.8 Å². The van der Waals surface area contributed by atoms with Crippen molar-refractivity contribution in [1.82, 2.24) is 4.90 Å². The minimum atomic E-state index is -0.859. The lowest BCUT2D eigenvalue weighted by Gasteiger charge is -2.41. The van der Waals surface area contributed by atoms with Crippen LogP contribution in [0.4, 0.5) is 11.4 Å². The van der Waals surface area contributed by atoms with Crippen LogP contribution in [0.2, 0.25) is 0 Å². The smallest absolute Gasteiger partial charge is 0.251 e. The maximum Gasteiger partial charge on any atom is 0.251 e. The molecule has 9 heteroatoms. The van der Waals surface area contributed by atoms with Crippen LogP contribution in [0.5, 0.6) is 5.75 Å². The fourth-order valence-corrected chi connectivity index (χ4v) is 10.4. The molecule has 3 heterocycles. The first kappa shape index (κ1) is 34.8. The number of carbonyl (C=O) groups is 3. The Hall–Kier alpha value is -3.56. The molecule has 3 aliphatic rings. The normalized spacial score (nSPS) is 26.7. The number of nitrogens with zero attached hydrogens (tertiary/aromatic N) is 3. The third-order valence-corrected chi connectivity index (χ3v) is 12.3. The van der Waals surface area contributed by atoms with Gasteiger partial charge in [0.1, 0.15) is 11.8 Å². The molecule has 3 fully saturated rings. The summed E-state index contributed by atoms with van der Waals surface area (Å²) in [6, 6.07) is 12.0. The largest absolute Gasteiger partial charge is 0.494 e. The Labute approximate surface area is 283 Å². The molecule has 2 bridgehead atoms. The number of aliphatic hydroxyl groups excluding tert-OH is 1. The number of fused-ring (bicyclic) bond motifs is 1. The van der Waals surface area contributed by atoms with E-state index in [-0.39, 0.29) is 43.3 Å². The van der Waals surface area contributed by atoms with Gasteiger partial charge in [-0.2, -0.15) is 0 Å². The molecule has 2 aromatic carbocycles. The van der Waals surface area contributed by atoms with Crippen molar-refractivity contribution >= 4 is 40.9 Å². The number of hydrogen-bond donors (Lipinski definition) is 1. The predicted molar refractivity (Wildman–Crippen MR) is 190 cm³/mol. The number of aryl methyl sites for hydroxylation is 2. The van der Waals surface area contributed by atoms with Gasteiger partial charge in [0.2, 0.25) is 11.8 Å². The van der Waals surface area contributed by atoms with E-state index in [4.69, 9.17) is 4.74 Å².